The molecule has 1 N–H and O–H groups in total. The third-order valence-electron chi connectivity index (χ3n) is 7.14. The fourth-order valence-corrected chi connectivity index (χ4v) is 5.78. The zero-order valence-corrected chi connectivity index (χ0v) is 14.3. The number of aromatic nitrogens is 1. The summed E-state index contributed by atoms with van der Waals surface area (Å²) in [6.07, 6.45) is 2.53. The van der Waals surface area contributed by atoms with Crippen LogP contribution in [-0.4, -0.2) is 36.1 Å². The molecular weight excluding hydrogens is 284 g/mol. The van der Waals surface area contributed by atoms with Gasteiger partial charge in [0, 0.05) is 41.6 Å². The lowest BCUT2D eigenvalue weighted by Gasteiger charge is -2.55. The number of nitrogens with zero attached hydrogens (tertiary/aromatic N) is 1. The summed E-state index contributed by atoms with van der Waals surface area (Å²) in [6.45, 7) is 7.49. The number of fused-ring (bicyclic) bond motifs is 4. The van der Waals surface area contributed by atoms with Gasteiger partial charge in [0.25, 0.3) is 0 Å². The number of methoxy groups -OCH3 is 1. The minimum absolute atomic E-state index is 0.691. The van der Waals surface area contributed by atoms with Crippen molar-refractivity contribution in [3.8, 4) is 5.75 Å². The average Bonchev–Trinajstić information content (AvgIpc) is 2.89. The van der Waals surface area contributed by atoms with Crippen molar-refractivity contribution in [2.75, 3.05) is 20.2 Å². The van der Waals surface area contributed by atoms with Gasteiger partial charge in [0.05, 0.1) is 7.11 Å². The summed E-state index contributed by atoms with van der Waals surface area (Å²) in [6, 6.07) is 7.21. The summed E-state index contributed by atoms with van der Waals surface area (Å²) in [5.74, 6) is 4.20. The Kier molecular flexibility index (Phi) is 2.88. The normalized spacial score (nSPS) is 38.4. The molecule has 6 atom stereocenters. The second-order valence-corrected chi connectivity index (χ2v) is 7.98. The van der Waals surface area contributed by atoms with Gasteiger partial charge in [0.2, 0.25) is 0 Å². The summed E-state index contributed by atoms with van der Waals surface area (Å²) < 4.78 is 5.46. The number of H-pyrrole nitrogens is 1. The third-order valence-corrected chi connectivity index (χ3v) is 7.14. The molecule has 0 amide bonds. The van der Waals surface area contributed by atoms with Gasteiger partial charge in [-0.15, -0.1) is 0 Å². The van der Waals surface area contributed by atoms with Gasteiger partial charge in [-0.3, -0.25) is 4.90 Å². The highest BCUT2D eigenvalue weighted by Gasteiger charge is 2.51. The lowest BCUT2D eigenvalue weighted by molar-refractivity contribution is -0.0454. The smallest absolute Gasteiger partial charge is 0.119 e. The molecule has 122 valence electrons. The van der Waals surface area contributed by atoms with Gasteiger partial charge in [0.1, 0.15) is 5.75 Å². The number of piperidine rings is 2. The number of rotatable bonds is 1. The van der Waals surface area contributed by atoms with Crippen LogP contribution < -0.4 is 4.74 Å². The first kappa shape index (κ1) is 13.9. The fourth-order valence-electron chi connectivity index (χ4n) is 5.78. The molecule has 3 fully saturated rings. The van der Waals surface area contributed by atoms with Crippen molar-refractivity contribution in [1.82, 2.24) is 9.88 Å². The molecule has 2 saturated heterocycles. The first-order valence-electron chi connectivity index (χ1n) is 9.10. The van der Waals surface area contributed by atoms with E-state index in [4.69, 9.17) is 4.74 Å². The maximum atomic E-state index is 5.46. The highest BCUT2D eigenvalue weighted by molar-refractivity contribution is 5.86. The highest BCUT2D eigenvalue weighted by atomic mass is 16.5. The Hall–Kier alpha value is -1.48. The quantitative estimate of drug-likeness (QED) is 0.868. The Balaban J connectivity index is 1.67. The van der Waals surface area contributed by atoms with Crippen molar-refractivity contribution >= 4 is 10.9 Å². The fraction of sp³-hybridized carbons (Fsp3) is 0.600. The van der Waals surface area contributed by atoms with Crippen LogP contribution in [0.4, 0.5) is 0 Å². The Morgan fingerprint density at radius 2 is 2.09 bits per heavy atom. The minimum atomic E-state index is 0.691. The lowest BCUT2D eigenvalue weighted by Crippen LogP contribution is -2.59. The van der Waals surface area contributed by atoms with E-state index in [-0.39, 0.29) is 0 Å². The minimum Gasteiger partial charge on any atom is -0.497 e. The molecule has 0 radical (unpaired) electrons. The van der Waals surface area contributed by atoms with Crippen molar-refractivity contribution in [2.24, 2.45) is 17.8 Å². The highest BCUT2D eigenvalue weighted by Crippen LogP contribution is 2.52. The molecule has 1 saturated carbocycles. The predicted octanol–water partition coefficient (Wildman–Crippen LogP) is 3.79. The van der Waals surface area contributed by atoms with Crippen LogP contribution in [0.2, 0.25) is 0 Å². The molecule has 1 aromatic carbocycles. The largest absolute Gasteiger partial charge is 0.497 e. The first-order valence-corrected chi connectivity index (χ1v) is 9.10. The molecule has 4 bridgehead atoms. The van der Waals surface area contributed by atoms with Crippen LogP contribution in [0.3, 0.4) is 0 Å². The summed E-state index contributed by atoms with van der Waals surface area (Å²) in [4.78, 5) is 6.60. The first-order chi connectivity index (χ1) is 11.2. The summed E-state index contributed by atoms with van der Waals surface area (Å²) >= 11 is 0. The average molecular weight is 310 g/mol. The molecule has 3 nitrogen and oxygen atoms in total. The molecule has 2 aromatic rings. The molecule has 4 aliphatic rings. The standard InChI is InChI=1S/C20H26N2O/c1-11-12(2)20-17-8-13(11)10-22(20)7-6-15-16-9-14(23-3)4-5-18(16)21-19(15)17/h4-5,9,11-13,17,20-21H,6-8,10H2,1-3H3/t11?,12?,13-,17+,20?/m1/s1. The van der Waals surface area contributed by atoms with E-state index in [1.807, 2.05) is 0 Å². The summed E-state index contributed by atoms with van der Waals surface area (Å²) in [5.41, 5.74) is 4.37. The number of ether oxygens (including phenoxy) is 1. The van der Waals surface area contributed by atoms with E-state index < -0.39 is 0 Å². The topological polar surface area (TPSA) is 28.3 Å². The van der Waals surface area contributed by atoms with Gasteiger partial charge < -0.3 is 9.72 Å². The van der Waals surface area contributed by atoms with Crippen molar-refractivity contribution in [1.29, 1.82) is 0 Å². The van der Waals surface area contributed by atoms with Crippen molar-refractivity contribution < 1.29 is 4.74 Å². The van der Waals surface area contributed by atoms with Crippen LogP contribution in [0, 0.1) is 17.8 Å². The van der Waals surface area contributed by atoms with E-state index in [9.17, 15) is 0 Å². The van der Waals surface area contributed by atoms with Crippen LogP contribution in [0.15, 0.2) is 18.2 Å². The van der Waals surface area contributed by atoms with Crippen LogP contribution in [-0.2, 0) is 6.42 Å². The molecule has 1 aliphatic carbocycles. The Bertz CT molecular complexity index is 762. The van der Waals surface area contributed by atoms with Crippen LogP contribution >= 0.6 is 0 Å². The maximum Gasteiger partial charge on any atom is 0.119 e. The summed E-state index contributed by atoms with van der Waals surface area (Å²) in [7, 11) is 1.76. The van der Waals surface area contributed by atoms with E-state index in [2.05, 4.69) is 41.9 Å². The Labute approximate surface area is 138 Å². The molecule has 4 unspecified atom stereocenters. The number of benzene rings is 1. The van der Waals surface area contributed by atoms with Crippen molar-refractivity contribution in [3.05, 3.63) is 29.5 Å². The summed E-state index contributed by atoms with van der Waals surface area (Å²) in [5, 5.41) is 1.38. The second-order valence-electron chi connectivity index (χ2n) is 7.98. The number of hydrogen-bond donors (Lipinski definition) is 1. The van der Waals surface area contributed by atoms with Crippen LogP contribution in [0.25, 0.3) is 10.9 Å². The molecule has 1 aromatic heterocycles. The van der Waals surface area contributed by atoms with E-state index in [1.165, 1.54) is 42.5 Å². The maximum absolute atomic E-state index is 5.46. The monoisotopic (exact) mass is 310 g/mol. The van der Waals surface area contributed by atoms with Gasteiger partial charge in [-0.05, 0) is 54.4 Å². The SMILES string of the molecule is COc1ccc2[nH]c3c(c2c1)CCN1C[C@H]2C[C@@H]3C1C(C)C2C. The number of nitrogens with one attached hydrogen (secondary N) is 1. The second kappa shape index (κ2) is 4.76. The Morgan fingerprint density at radius 3 is 2.87 bits per heavy atom. The van der Waals surface area contributed by atoms with Gasteiger partial charge in [-0.2, -0.15) is 0 Å². The van der Waals surface area contributed by atoms with E-state index in [0.717, 1.165) is 29.5 Å². The molecule has 0 spiro atoms. The van der Waals surface area contributed by atoms with Gasteiger partial charge in [-0.1, -0.05) is 13.8 Å². The molecule has 6 rings (SSSR count). The molecule has 4 heterocycles. The number of hydrogen-bond acceptors (Lipinski definition) is 2. The lowest BCUT2D eigenvalue weighted by atomic mass is 9.61. The Morgan fingerprint density at radius 1 is 1.22 bits per heavy atom. The molecule has 3 heteroatoms. The zero-order valence-electron chi connectivity index (χ0n) is 14.3. The molecule has 23 heavy (non-hydrogen) atoms. The van der Waals surface area contributed by atoms with Gasteiger partial charge in [-0.25, -0.2) is 0 Å². The van der Waals surface area contributed by atoms with Gasteiger partial charge in [0.15, 0.2) is 0 Å². The van der Waals surface area contributed by atoms with Crippen molar-refractivity contribution in [2.45, 2.75) is 38.6 Å². The predicted molar refractivity (Wildman–Crippen MR) is 93.1 cm³/mol. The van der Waals surface area contributed by atoms with Gasteiger partial charge >= 0.3 is 0 Å². The molecular formula is C20H26N2O. The van der Waals surface area contributed by atoms with E-state index in [0.29, 0.717) is 5.92 Å². The number of aromatic amines is 1. The third kappa shape index (κ3) is 1.80. The van der Waals surface area contributed by atoms with E-state index >= 15 is 0 Å². The van der Waals surface area contributed by atoms with Crippen molar-refractivity contribution in [3.63, 3.8) is 0 Å². The zero-order chi connectivity index (χ0) is 15.7. The van der Waals surface area contributed by atoms with Crippen LogP contribution in [0.5, 0.6) is 5.75 Å². The van der Waals surface area contributed by atoms with E-state index in [1.54, 1.807) is 12.7 Å². The van der Waals surface area contributed by atoms with Crippen LogP contribution in [0.1, 0.15) is 37.4 Å². The molecule has 3 aliphatic heterocycles.